The van der Waals surface area contributed by atoms with Gasteiger partial charge in [0.25, 0.3) is 0 Å². The standard InChI is InChI=1S/C26H40O2/c1-5-19(27)8-6-17(2)22-10-11-23-21-9-7-18-16-20(28)12-14-25(18,3)24(21)13-15-26(22,23)4/h5,7,17,20-24,28H,1,6,8-16H2,2-4H3. The number of aliphatic hydroxyl groups excluding tert-OH is 1. The lowest BCUT2D eigenvalue weighted by Crippen LogP contribution is -2.50. The van der Waals surface area contributed by atoms with E-state index in [0.29, 0.717) is 23.2 Å². The quantitative estimate of drug-likeness (QED) is 0.459. The average Bonchev–Trinajstić information content (AvgIpc) is 3.03. The number of allylic oxidation sites excluding steroid dienone is 2. The van der Waals surface area contributed by atoms with Gasteiger partial charge in [0.2, 0.25) is 0 Å². The Morgan fingerprint density at radius 3 is 2.79 bits per heavy atom. The number of ketones is 1. The van der Waals surface area contributed by atoms with E-state index in [1.807, 2.05) is 0 Å². The van der Waals surface area contributed by atoms with Crippen molar-refractivity contribution in [1.82, 2.24) is 0 Å². The fraction of sp³-hybridized carbons (Fsp3) is 0.808. The third kappa shape index (κ3) is 3.15. The van der Waals surface area contributed by atoms with Crippen LogP contribution in [0.5, 0.6) is 0 Å². The van der Waals surface area contributed by atoms with Gasteiger partial charge in [-0.15, -0.1) is 0 Å². The molecule has 0 aromatic heterocycles. The molecule has 28 heavy (non-hydrogen) atoms. The molecule has 2 nitrogen and oxygen atoms in total. The van der Waals surface area contributed by atoms with Crippen LogP contribution in [0.25, 0.3) is 0 Å². The molecule has 3 fully saturated rings. The normalized spacial score (nSPS) is 46.0. The van der Waals surface area contributed by atoms with Gasteiger partial charge in [-0.3, -0.25) is 4.79 Å². The van der Waals surface area contributed by atoms with Gasteiger partial charge in [-0.1, -0.05) is 39.0 Å². The highest BCUT2D eigenvalue weighted by Gasteiger charge is 2.59. The van der Waals surface area contributed by atoms with Gasteiger partial charge in [0, 0.05) is 6.42 Å². The molecule has 4 rings (SSSR count). The minimum absolute atomic E-state index is 0.111. The molecule has 156 valence electrons. The maximum atomic E-state index is 11.7. The summed E-state index contributed by atoms with van der Waals surface area (Å²) in [5.74, 6) is 4.08. The molecule has 0 aromatic rings. The topological polar surface area (TPSA) is 37.3 Å². The van der Waals surface area contributed by atoms with Crippen molar-refractivity contribution < 1.29 is 9.90 Å². The van der Waals surface area contributed by atoms with Crippen LogP contribution >= 0.6 is 0 Å². The number of aliphatic hydroxyl groups is 1. The van der Waals surface area contributed by atoms with Crippen LogP contribution in [0.3, 0.4) is 0 Å². The molecule has 0 amide bonds. The van der Waals surface area contributed by atoms with E-state index < -0.39 is 0 Å². The van der Waals surface area contributed by atoms with E-state index in [4.69, 9.17) is 0 Å². The fourth-order valence-electron chi connectivity index (χ4n) is 8.29. The summed E-state index contributed by atoms with van der Waals surface area (Å²) in [6, 6.07) is 0. The van der Waals surface area contributed by atoms with Gasteiger partial charge < -0.3 is 5.11 Å². The van der Waals surface area contributed by atoms with Crippen LogP contribution in [0, 0.1) is 40.4 Å². The summed E-state index contributed by atoms with van der Waals surface area (Å²) in [5.41, 5.74) is 2.36. The second-order valence-corrected chi connectivity index (χ2v) is 11.1. The Hall–Kier alpha value is -0.890. The lowest BCUT2D eigenvalue weighted by Gasteiger charge is -2.58. The maximum Gasteiger partial charge on any atom is 0.155 e. The molecule has 0 bridgehead atoms. The Kier molecular flexibility index (Phi) is 5.40. The third-order valence-electron chi connectivity index (χ3n) is 9.91. The van der Waals surface area contributed by atoms with E-state index in [1.165, 1.54) is 44.6 Å². The van der Waals surface area contributed by atoms with Gasteiger partial charge >= 0.3 is 0 Å². The van der Waals surface area contributed by atoms with Crippen molar-refractivity contribution in [2.75, 3.05) is 0 Å². The smallest absolute Gasteiger partial charge is 0.155 e. The van der Waals surface area contributed by atoms with Crippen LogP contribution in [-0.4, -0.2) is 17.0 Å². The first-order valence-electron chi connectivity index (χ1n) is 11.8. The first-order chi connectivity index (χ1) is 13.3. The minimum atomic E-state index is -0.111. The molecular weight excluding hydrogens is 344 g/mol. The van der Waals surface area contributed by atoms with Crippen LogP contribution < -0.4 is 0 Å². The van der Waals surface area contributed by atoms with Crippen LogP contribution in [0.15, 0.2) is 24.3 Å². The SMILES string of the molecule is C=CC(=O)CCC(C)C1CCC2C3CC=C4CC(O)CCC4(C)C3CCC12C. The lowest BCUT2D eigenvalue weighted by molar-refractivity contribution is -0.115. The molecule has 2 heteroatoms. The average molecular weight is 385 g/mol. The Morgan fingerprint density at radius 1 is 1.25 bits per heavy atom. The van der Waals surface area contributed by atoms with E-state index in [9.17, 15) is 9.90 Å². The van der Waals surface area contributed by atoms with E-state index in [0.717, 1.165) is 42.9 Å². The Bertz CT molecular complexity index is 663. The van der Waals surface area contributed by atoms with Crippen molar-refractivity contribution >= 4 is 5.78 Å². The Morgan fingerprint density at radius 2 is 2.04 bits per heavy atom. The van der Waals surface area contributed by atoms with Gasteiger partial charge in [0.15, 0.2) is 5.78 Å². The predicted octanol–water partition coefficient (Wildman–Crippen LogP) is 6.10. The van der Waals surface area contributed by atoms with Crippen molar-refractivity contribution in [2.45, 2.75) is 91.1 Å². The van der Waals surface area contributed by atoms with Crippen LogP contribution in [0.4, 0.5) is 0 Å². The molecule has 3 saturated carbocycles. The number of rotatable bonds is 5. The highest BCUT2D eigenvalue weighted by Crippen LogP contribution is 2.67. The van der Waals surface area contributed by atoms with Crippen LogP contribution in [0.2, 0.25) is 0 Å². The zero-order valence-electron chi connectivity index (χ0n) is 18.3. The van der Waals surface area contributed by atoms with Crippen molar-refractivity contribution in [2.24, 2.45) is 40.4 Å². The molecule has 0 saturated heterocycles. The monoisotopic (exact) mass is 384 g/mol. The predicted molar refractivity (Wildman–Crippen MR) is 115 cm³/mol. The second kappa shape index (κ2) is 7.42. The highest BCUT2D eigenvalue weighted by molar-refractivity contribution is 5.88. The summed E-state index contributed by atoms with van der Waals surface area (Å²) in [6.45, 7) is 11.1. The summed E-state index contributed by atoms with van der Waals surface area (Å²) < 4.78 is 0. The minimum Gasteiger partial charge on any atom is -0.393 e. The molecule has 8 atom stereocenters. The molecule has 1 N–H and O–H groups in total. The summed E-state index contributed by atoms with van der Waals surface area (Å²) in [4.78, 5) is 11.7. The molecule has 4 aliphatic rings. The third-order valence-corrected chi connectivity index (χ3v) is 9.91. The van der Waals surface area contributed by atoms with Gasteiger partial charge in [0.05, 0.1) is 6.10 Å². The summed E-state index contributed by atoms with van der Waals surface area (Å²) in [5, 5.41) is 10.2. The second-order valence-electron chi connectivity index (χ2n) is 11.1. The molecule has 4 aliphatic carbocycles. The first-order valence-corrected chi connectivity index (χ1v) is 11.8. The van der Waals surface area contributed by atoms with Crippen molar-refractivity contribution in [3.05, 3.63) is 24.3 Å². The summed E-state index contributed by atoms with van der Waals surface area (Å²) in [7, 11) is 0. The molecule has 0 spiro atoms. The molecule has 0 radical (unpaired) electrons. The number of hydrogen-bond donors (Lipinski definition) is 1. The maximum absolute atomic E-state index is 11.7. The van der Waals surface area contributed by atoms with Crippen LogP contribution in [0.1, 0.15) is 85.0 Å². The van der Waals surface area contributed by atoms with Crippen molar-refractivity contribution in [1.29, 1.82) is 0 Å². The van der Waals surface area contributed by atoms with Crippen molar-refractivity contribution in [3.8, 4) is 0 Å². The number of fused-ring (bicyclic) bond motifs is 5. The van der Waals surface area contributed by atoms with Gasteiger partial charge in [-0.2, -0.15) is 0 Å². The van der Waals surface area contributed by atoms with Crippen molar-refractivity contribution in [3.63, 3.8) is 0 Å². The molecule has 0 aromatic carbocycles. The Labute approximate surface area is 171 Å². The summed E-state index contributed by atoms with van der Waals surface area (Å²) >= 11 is 0. The number of hydrogen-bond acceptors (Lipinski definition) is 2. The number of carbonyl (C=O) groups excluding carboxylic acids is 1. The molecule has 0 aliphatic heterocycles. The highest BCUT2D eigenvalue weighted by atomic mass is 16.3. The van der Waals surface area contributed by atoms with E-state index >= 15 is 0 Å². The van der Waals surface area contributed by atoms with Gasteiger partial charge in [-0.25, -0.2) is 0 Å². The zero-order chi connectivity index (χ0) is 20.1. The molecular formula is C26H40O2. The van der Waals surface area contributed by atoms with Crippen LogP contribution in [-0.2, 0) is 4.79 Å². The van der Waals surface area contributed by atoms with E-state index in [2.05, 4.69) is 33.4 Å². The molecule has 8 unspecified atom stereocenters. The Balaban J connectivity index is 1.52. The molecule has 0 heterocycles. The van der Waals surface area contributed by atoms with Gasteiger partial charge in [-0.05, 0) is 104 Å². The lowest BCUT2D eigenvalue weighted by atomic mass is 9.47. The number of carbonyl (C=O) groups is 1. The van der Waals surface area contributed by atoms with E-state index in [1.54, 1.807) is 5.57 Å². The first kappa shape index (κ1) is 20.4. The largest absolute Gasteiger partial charge is 0.393 e. The van der Waals surface area contributed by atoms with Gasteiger partial charge in [0.1, 0.15) is 0 Å². The zero-order valence-corrected chi connectivity index (χ0v) is 18.3. The van der Waals surface area contributed by atoms with E-state index in [-0.39, 0.29) is 11.9 Å². The summed E-state index contributed by atoms with van der Waals surface area (Å²) in [6.07, 6.45) is 15.3. The fourth-order valence-corrected chi connectivity index (χ4v) is 8.29.